The van der Waals surface area contributed by atoms with Gasteiger partial charge in [-0.1, -0.05) is 23.7 Å². The first-order chi connectivity index (χ1) is 11.7. The fraction of sp³-hybridized carbons (Fsp3) is 0.300. The van der Waals surface area contributed by atoms with Crippen LogP contribution >= 0.6 is 11.6 Å². The molecule has 2 amide bonds. The molecule has 1 N–H and O–H groups in total. The molecule has 2 rings (SSSR count). The van der Waals surface area contributed by atoms with Gasteiger partial charge in [-0.05, 0) is 68.1 Å². The number of halogens is 1. The van der Waals surface area contributed by atoms with Crippen LogP contribution in [0.1, 0.15) is 29.2 Å². The summed E-state index contributed by atoms with van der Waals surface area (Å²) in [4.78, 5) is 26.0. The van der Waals surface area contributed by atoms with E-state index in [1.807, 2.05) is 52.0 Å². The highest BCUT2D eigenvalue weighted by Gasteiger charge is 2.20. The number of carbonyl (C=O) groups is 2. The Kier molecular flexibility index (Phi) is 5.85. The minimum absolute atomic E-state index is 0.0913. The molecule has 0 heterocycles. The van der Waals surface area contributed by atoms with Crippen LogP contribution in [-0.4, -0.2) is 18.4 Å². The summed E-state index contributed by atoms with van der Waals surface area (Å²) >= 11 is 6.33. The summed E-state index contributed by atoms with van der Waals surface area (Å²) in [5.41, 5.74) is 5.30. The molecule has 0 aliphatic rings. The van der Waals surface area contributed by atoms with Gasteiger partial charge in [-0.25, -0.2) is 0 Å². The van der Waals surface area contributed by atoms with Gasteiger partial charge in [-0.15, -0.1) is 0 Å². The van der Waals surface area contributed by atoms with Gasteiger partial charge in [0.15, 0.2) is 0 Å². The summed E-state index contributed by atoms with van der Waals surface area (Å²) in [7, 11) is 0. The summed E-state index contributed by atoms with van der Waals surface area (Å²) in [6.07, 6.45) is 0. The maximum atomic E-state index is 12.5. The van der Waals surface area contributed by atoms with Crippen molar-refractivity contribution in [3.63, 3.8) is 0 Å². The number of nitrogens with one attached hydrogen (secondary N) is 1. The average molecular weight is 359 g/mol. The van der Waals surface area contributed by atoms with Gasteiger partial charge >= 0.3 is 0 Å². The van der Waals surface area contributed by atoms with Crippen molar-refractivity contribution in [1.82, 2.24) is 0 Å². The van der Waals surface area contributed by atoms with Crippen molar-refractivity contribution in [1.29, 1.82) is 0 Å². The Hall–Kier alpha value is -2.33. The number of nitrogens with zero attached hydrogens (tertiary/aromatic N) is 1. The lowest BCUT2D eigenvalue weighted by atomic mass is 10.1. The Morgan fingerprint density at radius 3 is 2.04 bits per heavy atom. The maximum absolute atomic E-state index is 12.5. The van der Waals surface area contributed by atoms with Gasteiger partial charge in [0.1, 0.15) is 6.54 Å². The average Bonchev–Trinajstić information content (AvgIpc) is 2.43. The van der Waals surface area contributed by atoms with Gasteiger partial charge in [0, 0.05) is 12.6 Å². The standard InChI is InChI=1S/C20H23ClN2O2/c1-12-6-13(2)9-17(8-12)22-19(25)11-23(16(5)24)20-15(4)7-14(3)10-18(20)21/h6-10H,11H2,1-5H3,(H,22,25). The zero-order valence-corrected chi connectivity index (χ0v) is 16.0. The van der Waals surface area contributed by atoms with Crippen molar-refractivity contribution in [2.75, 3.05) is 16.8 Å². The van der Waals surface area contributed by atoms with E-state index >= 15 is 0 Å². The summed E-state index contributed by atoms with van der Waals surface area (Å²) in [5.74, 6) is -0.499. The molecule has 25 heavy (non-hydrogen) atoms. The number of anilines is 2. The van der Waals surface area contributed by atoms with Gasteiger partial charge in [-0.3, -0.25) is 9.59 Å². The van der Waals surface area contributed by atoms with Gasteiger partial charge in [0.25, 0.3) is 0 Å². The number of aryl methyl sites for hydroxylation is 4. The second kappa shape index (κ2) is 7.70. The lowest BCUT2D eigenvalue weighted by Crippen LogP contribution is -2.37. The fourth-order valence-corrected chi connectivity index (χ4v) is 3.41. The van der Waals surface area contributed by atoms with Crippen LogP contribution in [0.5, 0.6) is 0 Å². The molecule has 0 saturated heterocycles. The van der Waals surface area contributed by atoms with Gasteiger partial charge in [0.05, 0.1) is 10.7 Å². The molecule has 2 aromatic carbocycles. The SMILES string of the molecule is CC(=O)N(CC(=O)Nc1cc(C)cc(C)c1)c1c(C)cc(C)cc1Cl. The van der Waals surface area contributed by atoms with Gasteiger partial charge < -0.3 is 10.2 Å². The lowest BCUT2D eigenvalue weighted by molar-refractivity contribution is -0.120. The molecule has 4 nitrogen and oxygen atoms in total. The molecular formula is C20H23ClN2O2. The zero-order chi connectivity index (χ0) is 18.7. The zero-order valence-electron chi connectivity index (χ0n) is 15.2. The molecule has 0 radical (unpaired) electrons. The number of benzene rings is 2. The molecule has 0 atom stereocenters. The van der Waals surface area contributed by atoms with Crippen molar-refractivity contribution in [2.24, 2.45) is 0 Å². The van der Waals surface area contributed by atoms with E-state index in [0.29, 0.717) is 10.7 Å². The summed E-state index contributed by atoms with van der Waals surface area (Å²) in [5, 5.41) is 3.32. The van der Waals surface area contributed by atoms with Gasteiger partial charge in [-0.2, -0.15) is 0 Å². The summed E-state index contributed by atoms with van der Waals surface area (Å²) < 4.78 is 0. The van der Waals surface area contributed by atoms with Crippen molar-refractivity contribution in [3.05, 3.63) is 57.6 Å². The smallest absolute Gasteiger partial charge is 0.244 e. The molecule has 0 saturated carbocycles. The normalized spacial score (nSPS) is 10.5. The highest BCUT2D eigenvalue weighted by molar-refractivity contribution is 6.34. The second-order valence-corrected chi connectivity index (χ2v) is 6.85. The van der Waals surface area contributed by atoms with E-state index in [4.69, 9.17) is 11.6 Å². The van der Waals surface area contributed by atoms with Crippen molar-refractivity contribution in [2.45, 2.75) is 34.6 Å². The molecule has 0 unspecified atom stereocenters. The van der Waals surface area contributed by atoms with E-state index in [1.54, 1.807) is 6.07 Å². The van der Waals surface area contributed by atoms with Crippen molar-refractivity contribution < 1.29 is 9.59 Å². The Balaban J connectivity index is 2.25. The Morgan fingerprint density at radius 1 is 0.960 bits per heavy atom. The largest absolute Gasteiger partial charge is 0.325 e. The highest BCUT2D eigenvalue weighted by atomic mass is 35.5. The first-order valence-corrected chi connectivity index (χ1v) is 8.48. The second-order valence-electron chi connectivity index (χ2n) is 6.44. The molecule has 5 heteroatoms. The van der Waals surface area contributed by atoms with Crippen LogP contribution in [0.2, 0.25) is 5.02 Å². The maximum Gasteiger partial charge on any atom is 0.244 e. The fourth-order valence-electron chi connectivity index (χ4n) is 2.99. The Morgan fingerprint density at radius 2 is 1.52 bits per heavy atom. The van der Waals surface area contributed by atoms with Crippen molar-refractivity contribution >= 4 is 34.8 Å². The summed E-state index contributed by atoms with van der Waals surface area (Å²) in [6, 6.07) is 9.56. The van der Waals surface area contributed by atoms with Crippen molar-refractivity contribution in [3.8, 4) is 0 Å². The molecule has 0 bridgehead atoms. The van der Waals surface area contributed by atoms with Crippen LogP contribution in [0.15, 0.2) is 30.3 Å². The third-order valence-corrected chi connectivity index (χ3v) is 4.14. The van der Waals surface area contributed by atoms with E-state index < -0.39 is 0 Å². The highest BCUT2D eigenvalue weighted by Crippen LogP contribution is 2.31. The molecular weight excluding hydrogens is 336 g/mol. The molecule has 0 aromatic heterocycles. The van der Waals surface area contributed by atoms with E-state index in [-0.39, 0.29) is 18.4 Å². The minimum Gasteiger partial charge on any atom is -0.325 e. The van der Waals surface area contributed by atoms with Crippen LogP contribution in [-0.2, 0) is 9.59 Å². The van der Waals surface area contributed by atoms with Gasteiger partial charge in [0.2, 0.25) is 11.8 Å². The molecule has 0 spiro atoms. The number of hydrogen-bond donors (Lipinski definition) is 1. The number of hydrogen-bond acceptors (Lipinski definition) is 2. The molecule has 0 fully saturated rings. The molecule has 2 aromatic rings. The third-order valence-electron chi connectivity index (χ3n) is 3.86. The summed E-state index contributed by atoms with van der Waals surface area (Å²) in [6.45, 7) is 9.10. The number of amides is 2. The molecule has 0 aliphatic carbocycles. The lowest BCUT2D eigenvalue weighted by Gasteiger charge is -2.24. The predicted octanol–water partition coefficient (Wildman–Crippen LogP) is 4.57. The van der Waals surface area contributed by atoms with E-state index in [2.05, 4.69) is 5.32 Å². The number of carbonyl (C=O) groups excluding carboxylic acids is 2. The predicted molar refractivity (Wildman–Crippen MR) is 103 cm³/mol. The Bertz CT molecular complexity index is 787. The van der Waals surface area contributed by atoms with E-state index in [0.717, 1.165) is 27.9 Å². The van der Waals surface area contributed by atoms with Crippen LogP contribution in [0.25, 0.3) is 0 Å². The van der Waals surface area contributed by atoms with Crippen LogP contribution in [0.3, 0.4) is 0 Å². The number of rotatable bonds is 4. The molecule has 132 valence electrons. The topological polar surface area (TPSA) is 49.4 Å². The Labute approximate surface area is 153 Å². The van der Waals surface area contributed by atoms with Crippen LogP contribution in [0.4, 0.5) is 11.4 Å². The first-order valence-electron chi connectivity index (χ1n) is 8.10. The quantitative estimate of drug-likeness (QED) is 0.870. The molecule has 0 aliphatic heterocycles. The van der Waals surface area contributed by atoms with Crippen LogP contribution in [0, 0.1) is 27.7 Å². The monoisotopic (exact) mass is 358 g/mol. The first kappa shape index (κ1) is 19.0. The minimum atomic E-state index is -0.267. The third kappa shape index (κ3) is 4.83. The van der Waals surface area contributed by atoms with Crippen LogP contribution < -0.4 is 10.2 Å². The van der Waals surface area contributed by atoms with E-state index in [9.17, 15) is 9.59 Å². The van der Waals surface area contributed by atoms with E-state index in [1.165, 1.54) is 11.8 Å².